The van der Waals surface area contributed by atoms with Crippen molar-refractivity contribution in [1.82, 2.24) is 9.80 Å². The van der Waals surface area contributed by atoms with Crippen LogP contribution in [0.25, 0.3) is 0 Å². The maximum atomic E-state index is 13.2. The molecule has 5 nitrogen and oxygen atoms in total. The van der Waals surface area contributed by atoms with Gasteiger partial charge in [0.15, 0.2) is 11.5 Å². The van der Waals surface area contributed by atoms with Crippen LogP contribution in [0.2, 0.25) is 0 Å². The van der Waals surface area contributed by atoms with Gasteiger partial charge >= 0.3 is 0 Å². The van der Waals surface area contributed by atoms with Gasteiger partial charge in [0.05, 0.1) is 0 Å². The highest BCUT2D eigenvalue weighted by molar-refractivity contribution is 5.97. The summed E-state index contributed by atoms with van der Waals surface area (Å²) in [7, 11) is 0. The number of hydrogen-bond donors (Lipinski definition) is 0. The minimum atomic E-state index is 0.142. The topological polar surface area (TPSA) is 42.0 Å². The van der Waals surface area contributed by atoms with Crippen LogP contribution in [0.4, 0.5) is 0 Å². The summed E-state index contributed by atoms with van der Waals surface area (Å²) >= 11 is 0. The van der Waals surface area contributed by atoms with Crippen LogP contribution in [0, 0.1) is 5.92 Å². The molecule has 5 heteroatoms. The second-order valence-corrected chi connectivity index (χ2v) is 8.45. The van der Waals surface area contributed by atoms with Crippen LogP contribution in [-0.2, 0) is 13.0 Å². The molecule has 29 heavy (non-hydrogen) atoms. The maximum absolute atomic E-state index is 13.2. The van der Waals surface area contributed by atoms with E-state index in [-0.39, 0.29) is 12.7 Å². The van der Waals surface area contributed by atoms with E-state index >= 15 is 0 Å². The van der Waals surface area contributed by atoms with Gasteiger partial charge < -0.3 is 14.4 Å². The van der Waals surface area contributed by atoms with E-state index in [2.05, 4.69) is 40.1 Å². The highest BCUT2D eigenvalue weighted by Crippen LogP contribution is 2.37. The van der Waals surface area contributed by atoms with Gasteiger partial charge in [-0.3, -0.25) is 9.69 Å². The summed E-state index contributed by atoms with van der Waals surface area (Å²) in [5.74, 6) is 2.14. The standard InChI is InChI=1S/C24H28N2O3/c27-24-21-13-23-22(28-17-29-23)12-20(21)9-11-26(24)16-19-8-4-5-10-25(15-19)14-18-6-2-1-3-7-18/h1-3,6-7,12-13,19H,4-5,8-11,14-17H2. The summed E-state index contributed by atoms with van der Waals surface area (Å²) in [4.78, 5) is 17.8. The normalized spacial score (nSPS) is 21.7. The Kier molecular flexibility index (Phi) is 5.15. The first kappa shape index (κ1) is 18.5. The Hall–Kier alpha value is -2.53. The predicted molar refractivity (Wildman–Crippen MR) is 111 cm³/mol. The van der Waals surface area contributed by atoms with Crippen molar-refractivity contribution >= 4 is 5.91 Å². The molecule has 1 atom stereocenters. The van der Waals surface area contributed by atoms with E-state index in [4.69, 9.17) is 9.47 Å². The van der Waals surface area contributed by atoms with Crippen molar-refractivity contribution in [3.63, 3.8) is 0 Å². The smallest absolute Gasteiger partial charge is 0.254 e. The fourth-order valence-electron chi connectivity index (χ4n) is 4.85. The highest BCUT2D eigenvalue weighted by Gasteiger charge is 2.30. The summed E-state index contributed by atoms with van der Waals surface area (Å²) in [6.45, 7) is 5.09. The molecule has 0 bridgehead atoms. The zero-order chi connectivity index (χ0) is 19.6. The molecular formula is C24H28N2O3. The molecule has 0 saturated carbocycles. The quantitative estimate of drug-likeness (QED) is 0.795. The number of hydrogen-bond acceptors (Lipinski definition) is 4. The molecule has 3 aliphatic rings. The second kappa shape index (κ2) is 8.07. The lowest BCUT2D eigenvalue weighted by molar-refractivity contribution is 0.0694. The molecule has 0 N–H and O–H groups in total. The third-order valence-electron chi connectivity index (χ3n) is 6.35. The van der Waals surface area contributed by atoms with E-state index in [0.717, 1.165) is 56.0 Å². The average molecular weight is 392 g/mol. The van der Waals surface area contributed by atoms with Crippen molar-refractivity contribution in [3.8, 4) is 11.5 Å². The molecule has 3 heterocycles. The summed E-state index contributed by atoms with van der Waals surface area (Å²) in [5.41, 5.74) is 3.24. The number of carbonyl (C=O) groups is 1. The summed E-state index contributed by atoms with van der Waals surface area (Å²) in [6, 6.07) is 14.6. The van der Waals surface area contributed by atoms with Crippen LogP contribution in [0.5, 0.6) is 11.5 Å². The molecule has 3 aliphatic heterocycles. The number of ether oxygens (including phenoxy) is 2. The second-order valence-electron chi connectivity index (χ2n) is 8.45. The first-order chi connectivity index (χ1) is 14.3. The zero-order valence-corrected chi connectivity index (χ0v) is 16.8. The van der Waals surface area contributed by atoms with Crippen LogP contribution in [0.1, 0.15) is 40.7 Å². The van der Waals surface area contributed by atoms with Gasteiger partial charge in [0.25, 0.3) is 5.91 Å². The van der Waals surface area contributed by atoms with Crippen molar-refractivity contribution < 1.29 is 14.3 Å². The van der Waals surface area contributed by atoms with Crippen molar-refractivity contribution in [3.05, 3.63) is 59.2 Å². The molecule has 0 spiro atoms. The van der Waals surface area contributed by atoms with Crippen molar-refractivity contribution in [1.29, 1.82) is 0 Å². The Morgan fingerprint density at radius 1 is 1.00 bits per heavy atom. The molecule has 1 fully saturated rings. The number of rotatable bonds is 4. The maximum Gasteiger partial charge on any atom is 0.254 e. The van der Waals surface area contributed by atoms with Crippen molar-refractivity contribution in [2.45, 2.75) is 32.2 Å². The first-order valence-corrected chi connectivity index (χ1v) is 10.7. The minimum absolute atomic E-state index is 0.142. The highest BCUT2D eigenvalue weighted by atomic mass is 16.7. The Morgan fingerprint density at radius 3 is 2.69 bits per heavy atom. The van der Waals surface area contributed by atoms with E-state index in [9.17, 15) is 4.79 Å². The molecule has 2 aromatic carbocycles. The van der Waals surface area contributed by atoms with Crippen LogP contribution >= 0.6 is 0 Å². The fraction of sp³-hybridized carbons (Fsp3) is 0.458. The molecule has 1 unspecified atom stereocenters. The lowest BCUT2D eigenvalue weighted by Crippen LogP contribution is -2.42. The third-order valence-corrected chi connectivity index (χ3v) is 6.35. The zero-order valence-electron chi connectivity index (χ0n) is 16.8. The molecule has 152 valence electrons. The first-order valence-electron chi connectivity index (χ1n) is 10.7. The summed E-state index contributed by atoms with van der Waals surface area (Å²) < 4.78 is 11.0. The number of amides is 1. The average Bonchev–Trinajstić information content (AvgIpc) is 3.09. The Balaban J connectivity index is 1.26. The Morgan fingerprint density at radius 2 is 1.83 bits per heavy atom. The van der Waals surface area contributed by atoms with Gasteiger partial charge in [0, 0.05) is 31.7 Å². The minimum Gasteiger partial charge on any atom is -0.454 e. The van der Waals surface area contributed by atoms with Gasteiger partial charge in [0.1, 0.15) is 0 Å². The van der Waals surface area contributed by atoms with Crippen LogP contribution in [0.15, 0.2) is 42.5 Å². The van der Waals surface area contributed by atoms with Crippen molar-refractivity contribution in [2.24, 2.45) is 5.92 Å². The van der Waals surface area contributed by atoms with E-state index < -0.39 is 0 Å². The molecule has 5 rings (SSSR count). The van der Waals surface area contributed by atoms with Gasteiger partial charge in [-0.05, 0) is 55.0 Å². The summed E-state index contributed by atoms with van der Waals surface area (Å²) in [5, 5.41) is 0. The van der Waals surface area contributed by atoms with E-state index in [1.807, 2.05) is 12.1 Å². The van der Waals surface area contributed by atoms with E-state index in [0.29, 0.717) is 11.7 Å². The van der Waals surface area contributed by atoms with Gasteiger partial charge in [-0.2, -0.15) is 0 Å². The lowest BCUT2D eigenvalue weighted by atomic mass is 9.96. The largest absolute Gasteiger partial charge is 0.454 e. The molecule has 2 aromatic rings. The molecule has 0 aromatic heterocycles. The SMILES string of the molecule is O=C1c2cc3c(cc2CCN1CC1CCCCN(Cc2ccccc2)C1)OCO3. The lowest BCUT2D eigenvalue weighted by Gasteiger charge is -2.33. The predicted octanol–water partition coefficient (Wildman–Crippen LogP) is 3.72. The van der Waals surface area contributed by atoms with Crippen LogP contribution < -0.4 is 9.47 Å². The molecule has 1 amide bonds. The molecular weight excluding hydrogens is 364 g/mol. The van der Waals surface area contributed by atoms with Gasteiger partial charge in [-0.1, -0.05) is 36.8 Å². The fourth-order valence-corrected chi connectivity index (χ4v) is 4.85. The Labute approximate surface area is 172 Å². The molecule has 0 aliphatic carbocycles. The number of nitrogens with zero attached hydrogens (tertiary/aromatic N) is 2. The number of benzene rings is 2. The van der Waals surface area contributed by atoms with Gasteiger partial charge in [0.2, 0.25) is 6.79 Å². The van der Waals surface area contributed by atoms with Crippen LogP contribution in [-0.4, -0.2) is 48.7 Å². The van der Waals surface area contributed by atoms with Crippen LogP contribution in [0.3, 0.4) is 0 Å². The number of fused-ring (bicyclic) bond motifs is 2. The number of carbonyl (C=O) groups excluding carboxylic acids is 1. The number of likely N-dealkylation sites (tertiary alicyclic amines) is 1. The van der Waals surface area contributed by atoms with E-state index in [1.54, 1.807) is 0 Å². The summed E-state index contributed by atoms with van der Waals surface area (Å²) in [6.07, 6.45) is 4.57. The molecule has 1 saturated heterocycles. The van der Waals surface area contributed by atoms with Gasteiger partial charge in [-0.25, -0.2) is 0 Å². The molecule has 0 radical (unpaired) electrons. The van der Waals surface area contributed by atoms with E-state index in [1.165, 1.54) is 24.8 Å². The third kappa shape index (κ3) is 3.97. The Bertz CT molecular complexity index is 883. The van der Waals surface area contributed by atoms with Gasteiger partial charge in [-0.15, -0.1) is 0 Å². The monoisotopic (exact) mass is 392 g/mol. The van der Waals surface area contributed by atoms with Crippen molar-refractivity contribution in [2.75, 3.05) is 33.0 Å².